The monoisotopic (exact) mass is 322 g/mol. The second kappa shape index (κ2) is 6.29. The van der Waals surface area contributed by atoms with Crippen LogP contribution in [0, 0.1) is 0 Å². The minimum Gasteiger partial charge on any atom is -0.508 e. The molecule has 0 amide bonds. The molecule has 120 valence electrons. The van der Waals surface area contributed by atoms with Gasteiger partial charge in [-0.2, -0.15) is 0 Å². The summed E-state index contributed by atoms with van der Waals surface area (Å²) in [6.07, 6.45) is 3.04. The number of aromatic hydroxyl groups is 2. The van der Waals surface area contributed by atoms with Crippen molar-refractivity contribution in [2.75, 3.05) is 0 Å². The largest absolute Gasteiger partial charge is 0.508 e. The standard InChI is InChI=1S/C18H14N2O4/c21-13-5-1-11(2-6-13)9-15-17(23)20-16(18(24)19-15)10-12-3-7-14(22)8-4-12/h1-10,21-22H,(H,19,24)(H,20,23). The van der Waals surface area contributed by atoms with Gasteiger partial charge in [-0.25, -0.2) is 0 Å². The molecule has 0 aliphatic rings. The van der Waals surface area contributed by atoms with Crippen LogP contribution in [0.2, 0.25) is 0 Å². The van der Waals surface area contributed by atoms with E-state index in [2.05, 4.69) is 9.97 Å². The lowest BCUT2D eigenvalue weighted by Gasteiger charge is -1.95. The molecule has 2 aromatic carbocycles. The van der Waals surface area contributed by atoms with Crippen molar-refractivity contribution in [1.82, 2.24) is 9.97 Å². The predicted molar refractivity (Wildman–Crippen MR) is 90.3 cm³/mol. The van der Waals surface area contributed by atoms with Crippen LogP contribution in [0.4, 0.5) is 0 Å². The number of phenolic OH excluding ortho intramolecular Hbond substituents is 2. The van der Waals surface area contributed by atoms with Crippen molar-refractivity contribution in [3.05, 3.63) is 91.1 Å². The number of nitrogens with one attached hydrogen (secondary N) is 2. The summed E-state index contributed by atoms with van der Waals surface area (Å²) in [6, 6.07) is 12.5. The van der Waals surface area contributed by atoms with E-state index in [1.54, 1.807) is 24.3 Å². The number of phenols is 2. The number of aromatic amines is 2. The maximum atomic E-state index is 12.1. The Labute approximate surface area is 135 Å². The van der Waals surface area contributed by atoms with Crippen LogP contribution in [-0.4, -0.2) is 20.2 Å². The highest BCUT2D eigenvalue weighted by Gasteiger charge is 1.97. The Morgan fingerprint density at radius 2 is 0.958 bits per heavy atom. The summed E-state index contributed by atoms with van der Waals surface area (Å²) < 4.78 is 0. The van der Waals surface area contributed by atoms with Crippen molar-refractivity contribution in [1.29, 1.82) is 0 Å². The molecule has 1 aromatic heterocycles. The lowest BCUT2D eigenvalue weighted by molar-refractivity contribution is 0.474. The van der Waals surface area contributed by atoms with E-state index < -0.39 is 11.1 Å². The van der Waals surface area contributed by atoms with E-state index in [1.165, 1.54) is 36.4 Å². The highest BCUT2D eigenvalue weighted by Crippen LogP contribution is 2.10. The first-order valence-electron chi connectivity index (χ1n) is 7.15. The van der Waals surface area contributed by atoms with Gasteiger partial charge in [0.1, 0.15) is 22.2 Å². The van der Waals surface area contributed by atoms with Gasteiger partial charge in [-0.15, -0.1) is 0 Å². The third-order valence-electron chi connectivity index (χ3n) is 3.39. The Morgan fingerprint density at radius 3 is 1.29 bits per heavy atom. The Balaban J connectivity index is 2.09. The average molecular weight is 322 g/mol. The lowest BCUT2D eigenvalue weighted by atomic mass is 10.2. The first kappa shape index (κ1) is 15.4. The molecule has 0 unspecified atom stereocenters. The van der Waals surface area contributed by atoms with Gasteiger partial charge in [0, 0.05) is 0 Å². The van der Waals surface area contributed by atoms with Gasteiger partial charge in [0.05, 0.1) is 0 Å². The molecule has 0 aliphatic carbocycles. The maximum absolute atomic E-state index is 12.1. The van der Waals surface area contributed by atoms with Gasteiger partial charge >= 0.3 is 0 Å². The molecule has 0 spiro atoms. The second-order valence-electron chi connectivity index (χ2n) is 5.21. The molecule has 1 heterocycles. The molecule has 0 radical (unpaired) electrons. The molecule has 0 aliphatic heterocycles. The van der Waals surface area contributed by atoms with Gasteiger partial charge in [0.15, 0.2) is 0 Å². The summed E-state index contributed by atoms with van der Waals surface area (Å²) in [5, 5.41) is 18.7. The summed E-state index contributed by atoms with van der Waals surface area (Å²) >= 11 is 0. The van der Waals surface area contributed by atoms with Crippen LogP contribution in [0.25, 0.3) is 12.2 Å². The molecular weight excluding hydrogens is 308 g/mol. The molecule has 6 nitrogen and oxygen atoms in total. The average Bonchev–Trinajstić information content (AvgIpc) is 2.56. The van der Waals surface area contributed by atoms with Crippen molar-refractivity contribution in [3.8, 4) is 11.5 Å². The lowest BCUT2D eigenvalue weighted by Crippen LogP contribution is -2.46. The van der Waals surface area contributed by atoms with Crippen LogP contribution in [-0.2, 0) is 0 Å². The number of benzene rings is 2. The van der Waals surface area contributed by atoms with Crippen LogP contribution < -0.4 is 21.8 Å². The maximum Gasteiger partial charge on any atom is 0.272 e. The Morgan fingerprint density at radius 1 is 0.625 bits per heavy atom. The first-order valence-corrected chi connectivity index (χ1v) is 7.15. The summed E-state index contributed by atoms with van der Waals surface area (Å²) in [5.74, 6) is 0.238. The van der Waals surface area contributed by atoms with E-state index >= 15 is 0 Å². The van der Waals surface area contributed by atoms with Gasteiger partial charge < -0.3 is 20.2 Å². The number of rotatable bonds is 2. The molecule has 0 saturated carbocycles. The molecule has 4 N–H and O–H groups in total. The number of aromatic nitrogens is 2. The minimum absolute atomic E-state index is 0.119. The Hall–Kier alpha value is -3.54. The molecule has 3 rings (SSSR count). The fourth-order valence-corrected chi connectivity index (χ4v) is 2.17. The molecule has 0 fully saturated rings. The van der Waals surface area contributed by atoms with E-state index in [-0.39, 0.29) is 22.2 Å². The van der Waals surface area contributed by atoms with E-state index in [0.717, 1.165) is 0 Å². The SMILES string of the molecule is O=c1[nH]c(=Cc2ccc(O)cc2)c(=O)[nH]c1=Cc1ccc(O)cc1. The third-order valence-corrected chi connectivity index (χ3v) is 3.39. The first-order chi connectivity index (χ1) is 11.5. The molecule has 0 saturated heterocycles. The van der Waals surface area contributed by atoms with Crippen molar-refractivity contribution < 1.29 is 10.2 Å². The number of hydrogen-bond donors (Lipinski definition) is 4. The van der Waals surface area contributed by atoms with Gasteiger partial charge in [-0.05, 0) is 47.5 Å². The van der Waals surface area contributed by atoms with Gasteiger partial charge in [-0.3, -0.25) is 9.59 Å². The van der Waals surface area contributed by atoms with E-state index in [1.807, 2.05) is 0 Å². The molecule has 24 heavy (non-hydrogen) atoms. The number of H-pyrrole nitrogens is 2. The molecular formula is C18H14N2O4. The van der Waals surface area contributed by atoms with Crippen LogP contribution in [0.15, 0.2) is 58.1 Å². The minimum atomic E-state index is -0.437. The zero-order valence-corrected chi connectivity index (χ0v) is 12.5. The molecule has 3 aromatic rings. The van der Waals surface area contributed by atoms with Crippen LogP contribution in [0.5, 0.6) is 11.5 Å². The van der Waals surface area contributed by atoms with E-state index in [0.29, 0.717) is 11.1 Å². The summed E-state index contributed by atoms with van der Waals surface area (Å²) in [6.45, 7) is 0. The zero-order chi connectivity index (χ0) is 17.1. The van der Waals surface area contributed by atoms with Gasteiger partial charge in [0.2, 0.25) is 0 Å². The highest BCUT2D eigenvalue weighted by atomic mass is 16.3. The summed E-state index contributed by atoms with van der Waals surface area (Å²) in [4.78, 5) is 29.4. The Bertz CT molecular complexity index is 1000. The highest BCUT2D eigenvalue weighted by molar-refractivity contribution is 5.50. The van der Waals surface area contributed by atoms with Crippen molar-refractivity contribution in [3.63, 3.8) is 0 Å². The second-order valence-corrected chi connectivity index (χ2v) is 5.21. The molecule has 0 atom stereocenters. The number of hydrogen-bond acceptors (Lipinski definition) is 4. The van der Waals surface area contributed by atoms with Crippen LogP contribution in [0.3, 0.4) is 0 Å². The third kappa shape index (κ3) is 3.44. The fourth-order valence-electron chi connectivity index (χ4n) is 2.17. The van der Waals surface area contributed by atoms with Gasteiger partial charge in [-0.1, -0.05) is 24.3 Å². The van der Waals surface area contributed by atoms with E-state index in [9.17, 15) is 19.8 Å². The van der Waals surface area contributed by atoms with Crippen molar-refractivity contribution in [2.45, 2.75) is 0 Å². The normalized spacial score (nSPS) is 12.5. The van der Waals surface area contributed by atoms with Crippen LogP contribution in [0.1, 0.15) is 11.1 Å². The van der Waals surface area contributed by atoms with Crippen molar-refractivity contribution in [2.24, 2.45) is 0 Å². The zero-order valence-electron chi connectivity index (χ0n) is 12.5. The molecule has 0 bridgehead atoms. The predicted octanol–water partition coefficient (Wildman–Crippen LogP) is 0.132. The summed E-state index contributed by atoms with van der Waals surface area (Å²) in [5.41, 5.74) is 0.467. The molecule has 6 heteroatoms. The smallest absolute Gasteiger partial charge is 0.272 e. The fraction of sp³-hybridized carbons (Fsp3) is 0. The Kier molecular flexibility index (Phi) is 4.03. The van der Waals surface area contributed by atoms with Crippen LogP contribution >= 0.6 is 0 Å². The van der Waals surface area contributed by atoms with Crippen molar-refractivity contribution >= 4 is 12.2 Å². The van der Waals surface area contributed by atoms with E-state index in [4.69, 9.17) is 0 Å². The summed E-state index contributed by atoms with van der Waals surface area (Å²) in [7, 11) is 0. The topological polar surface area (TPSA) is 106 Å². The van der Waals surface area contributed by atoms with Gasteiger partial charge in [0.25, 0.3) is 11.1 Å². The quantitative estimate of drug-likeness (QED) is 0.538.